The number of rotatable bonds is 5. The molecule has 0 fully saturated rings. The SMILES string of the molecule is Cc1cc(Nc2cc(C(F)(F)F)nc(NCCO)n2)ccc1Br. The van der Waals surface area contributed by atoms with E-state index in [1.165, 1.54) is 0 Å². The number of anilines is 3. The summed E-state index contributed by atoms with van der Waals surface area (Å²) < 4.78 is 39.7. The summed E-state index contributed by atoms with van der Waals surface area (Å²) in [5, 5.41) is 14.1. The lowest BCUT2D eigenvalue weighted by atomic mass is 10.2. The molecule has 124 valence electrons. The molecule has 2 aromatic rings. The summed E-state index contributed by atoms with van der Waals surface area (Å²) in [7, 11) is 0. The molecule has 0 saturated carbocycles. The summed E-state index contributed by atoms with van der Waals surface area (Å²) in [6.45, 7) is 1.68. The van der Waals surface area contributed by atoms with Crippen molar-refractivity contribution >= 4 is 33.4 Å². The van der Waals surface area contributed by atoms with Crippen LogP contribution in [0.3, 0.4) is 0 Å². The number of aryl methyl sites for hydroxylation is 1. The molecule has 0 atom stereocenters. The zero-order chi connectivity index (χ0) is 17.0. The van der Waals surface area contributed by atoms with Crippen LogP contribution in [0.2, 0.25) is 0 Å². The minimum atomic E-state index is -4.59. The monoisotopic (exact) mass is 390 g/mol. The van der Waals surface area contributed by atoms with E-state index in [0.29, 0.717) is 5.69 Å². The van der Waals surface area contributed by atoms with Crippen LogP contribution >= 0.6 is 15.9 Å². The molecule has 0 spiro atoms. The van der Waals surface area contributed by atoms with Gasteiger partial charge >= 0.3 is 6.18 Å². The Morgan fingerprint density at radius 1 is 1.22 bits per heavy atom. The lowest BCUT2D eigenvalue weighted by Crippen LogP contribution is -2.15. The van der Waals surface area contributed by atoms with Crippen molar-refractivity contribution in [3.63, 3.8) is 0 Å². The predicted octanol–water partition coefficient (Wildman–Crippen LogP) is 3.71. The Hall–Kier alpha value is -1.87. The number of benzene rings is 1. The third kappa shape index (κ3) is 4.80. The van der Waals surface area contributed by atoms with Crippen molar-refractivity contribution in [3.05, 3.63) is 40.0 Å². The van der Waals surface area contributed by atoms with E-state index in [0.717, 1.165) is 16.1 Å². The molecule has 0 unspecified atom stereocenters. The van der Waals surface area contributed by atoms with Crippen LogP contribution in [0, 0.1) is 6.92 Å². The highest BCUT2D eigenvalue weighted by Gasteiger charge is 2.33. The molecule has 1 aromatic carbocycles. The van der Waals surface area contributed by atoms with E-state index in [4.69, 9.17) is 5.11 Å². The Kier molecular flexibility index (Phi) is 5.42. The zero-order valence-electron chi connectivity index (χ0n) is 12.1. The number of hydrogen-bond donors (Lipinski definition) is 3. The normalized spacial score (nSPS) is 11.4. The Bertz CT molecular complexity index is 694. The van der Waals surface area contributed by atoms with E-state index in [2.05, 4.69) is 36.5 Å². The van der Waals surface area contributed by atoms with Gasteiger partial charge in [-0.3, -0.25) is 0 Å². The average Bonchev–Trinajstić information content (AvgIpc) is 2.48. The Morgan fingerprint density at radius 3 is 2.57 bits per heavy atom. The van der Waals surface area contributed by atoms with Gasteiger partial charge < -0.3 is 15.7 Å². The van der Waals surface area contributed by atoms with Crippen molar-refractivity contribution < 1.29 is 18.3 Å². The second kappa shape index (κ2) is 7.14. The van der Waals surface area contributed by atoms with E-state index < -0.39 is 11.9 Å². The number of halogens is 4. The van der Waals surface area contributed by atoms with Crippen molar-refractivity contribution in [3.8, 4) is 0 Å². The molecule has 0 saturated heterocycles. The van der Waals surface area contributed by atoms with Crippen LogP contribution in [0.15, 0.2) is 28.7 Å². The topological polar surface area (TPSA) is 70.1 Å². The van der Waals surface area contributed by atoms with Gasteiger partial charge in [-0.1, -0.05) is 15.9 Å². The summed E-state index contributed by atoms with van der Waals surface area (Å²) >= 11 is 3.36. The van der Waals surface area contributed by atoms with Crippen LogP contribution in [0.5, 0.6) is 0 Å². The molecule has 1 heterocycles. The minimum absolute atomic E-state index is 0.00878. The van der Waals surface area contributed by atoms with Gasteiger partial charge in [-0.25, -0.2) is 4.98 Å². The molecular formula is C14H14BrF3N4O. The highest BCUT2D eigenvalue weighted by atomic mass is 79.9. The van der Waals surface area contributed by atoms with E-state index >= 15 is 0 Å². The molecule has 0 aliphatic rings. The highest BCUT2D eigenvalue weighted by Crippen LogP contribution is 2.30. The van der Waals surface area contributed by atoms with Gasteiger partial charge in [-0.2, -0.15) is 18.2 Å². The molecule has 23 heavy (non-hydrogen) atoms. The Morgan fingerprint density at radius 2 is 1.96 bits per heavy atom. The van der Waals surface area contributed by atoms with Gasteiger partial charge in [0.15, 0.2) is 5.69 Å². The number of hydrogen-bond acceptors (Lipinski definition) is 5. The molecule has 0 bridgehead atoms. The zero-order valence-corrected chi connectivity index (χ0v) is 13.7. The van der Waals surface area contributed by atoms with Crippen molar-refractivity contribution in [1.29, 1.82) is 0 Å². The van der Waals surface area contributed by atoms with Gasteiger partial charge in [0.05, 0.1) is 6.61 Å². The molecular weight excluding hydrogens is 377 g/mol. The van der Waals surface area contributed by atoms with Gasteiger partial charge in [-0.05, 0) is 30.7 Å². The van der Waals surface area contributed by atoms with Crippen LogP contribution in [0.1, 0.15) is 11.3 Å². The third-order valence-electron chi connectivity index (χ3n) is 2.84. The van der Waals surface area contributed by atoms with Crippen molar-refractivity contribution in [1.82, 2.24) is 9.97 Å². The summed E-state index contributed by atoms with van der Waals surface area (Å²) in [5.41, 5.74) is 0.466. The van der Waals surface area contributed by atoms with Crippen LogP contribution in [0.25, 0.3) is 0 Å². The number of aliphatic hydroxyl groups excluding tert-OH is 1. The number of nitrogens with one attached hydrogen (secondary N) is 2. The molecule has 0 aliphatic heterocycles. The van der Waals surface area contributed by atoms with Gasteiger partial charge in [-0.15, -0.1) is 0 Å². The molecule has 9 heteroatoms. The molecule has 0 amide bonds. The number of nitrogens with zero attached hydrogens (tertiary/aromatic N) is 2. The Labute approximate surface area is 139 Å². The maximum absolute atomic E-state index is 12.9. The molecule has 0 radical (unpaired) electrons. The lowest BCUT2D eigenvalue weighted by molar-refractivity contribution is -0.141. The van der Waals surface area contributed by atoms with Crippen LogP contribution in [-0.2, 0) is 6.18 Å². The van der Waals surface area contributed by atoms with Crippen LogP contribution in [-0.4, -0.2) is 28.2 Å². The molecule has 3 N–H and O–H groups in total. The van der Waals surface area contributed by atoms with Crippen LogP contribution < -0.4 is 10.6 Å². The van der Waals surface area contributed by atoms with E-state index in [1.807, 2.05) is 6.92 Å². The maximum atomic E-state index is 12.9. The first-order valence-electron chi connectivity index (χ1n) is 6.64. The van der Waals surface area contributed by atoms with Crippen LogP contribution in [0.4, 0.5) is 30.6 Å². The number of alkyl halides is 3. The van der Waals surface area contributed by atoms with Crippen molar-refractivity contribution in [2.75, 3.05) is 23.8 Å². The quantitative estimate of drug-likeness (QED) is 0.725. The number of aromatic nitrogens is 2. The van der Waals surface area contributed by atoms with Gasteiger partial charge in [0.2, 0.25) is 5.95 Å². The van der Waals surface area contributed by atoms with Gasteiger partial charge in [0, 0.05) is 22.8 Å². The largest absolute Gasteiger partial charge is 0.433 e. The smallest absolute Gasteiger partial charge is 0.395 e. The fourth-order valence-electron chi connectivity index (χ4n) is 1.77. The fraction of sp³-hybridized carbons (Fsp3) is 0.286. The van der Waals surface area contributed by atoms with E-state index in [1.54, 1.807) is 18.2 Å². The van der Waals surface area contributed by atoms with Crippen molar-refractivity contribution in [2.45, 2.75) is 13.1 Å². The fourth-order valence-corrected chi connectivity index (χ4v) is 2.02. The summed E-state index contributed by atoms with van der Waals surface area (Å²) in [6, 6.07) is 6.11. The lowest BCUT2D eigenvalue weighted by Gasteiger charge is -2.13. The third-order valence-corrected chi connectivity index (χ3v) is 3.73. The highest BCUT2D eigenvalue weighted by molar-refractivity contribution is 9.10. The molecule has 1 aromatic heterocycles. The first-order valence-corrected chi connectivity index (χ1v) is 7.43. The molecule has 2 rings (SSSR count). The standard InChI is InChI=1S/C14H14BrF3N4O/c1-8-6-9(2-3-10(8)15)20-12-7-11(14(16,17)18)21-13(22-12)19-4-5-23/h2-3,6-7,23H,4-5H2,1H3,(H2,19,20,21,22). The molecule has 5 nitrogen and oxygen atoms in total. The predicted molar refractivity (Wildman–Crippen MR) is 84.8 cm³/mol. The van der Waals surface area contributed by atoms with Crippen molar-refractivity contribution in [2.24, 2.45) is 0 Å². The maximum Gasteiger partial charge on any atom is 0.433 e. The summed E-state index contributed by atoms with van der Waals surface area (Å²) in [4.78, 5) is 7.39. The molecule has 0 aliphatic carbocycles. The summed E-state index contributed by atoms with van der Waals surface area (Å²) in [6.07, 6.45) is -4.59. The van der Waals surface area contributed by atoms with E-state index in [9.17, 15) is 13.2 Å². The van der Waals surface area contributed by atoms with E-state index in [-0.39, 0.29) is 24.9 Å². The number of aliphatic hydroxyl groups is 1. The van der Waals surface area contributed by atoms with Gasteiger partial charge in [0.1, 0.15) is 5.82 Å². The summed E-state index contributed by atoms with van der Waals surface area (Å²) in [5.74, 6) is -0.195. The minimum Gasteiger partial charge on any atom is -0.395 e. The average molecular weight is 391 g/mol. The second-order valence-electron chi connectivity index (χ2n) is 4.70. The first kappa shape index (κ1) is 17.5. The van der Waals surface area contributed by atoms with Gasteiger partial charge in [0.25, 0.3) is 0 Å². The Balaban J connectivity index is 2.33. The first-order chi connectivity index (χ1) is 10.8. The second-order valence-corrected chi connectivity index (χ2v) is 5.55.